The molecule has 0 aliphatic carbocycles. The molecule has 0 atom stereocenters. The van der Waals surface area contributed by atoms with Gasteiger partial charge in [-0.2, -0.15) is 0 Å². The molecule has 0 fully saturated rings. The maximum absolute atomic E-state index is 10.9. The largest absolute Gasteiger partial charge is 0.369 e. The van der Waals surface area contributed by atoms with Crippen molar-refractivity contribution in [3.8, 4) is 11.4 Å². The van der Waals surface area contributed by atoms with Crippen molar-refractivity contribution in [2.45, 2.75) is 20.1 Å². The summed E-state index contributed by atoms with van der Waals surface area (Å²) in [6, 6.07) is 14.1. The monoisotopic (exact) mass is 391 g/mol. The number of ether oxygens (including phenoxy) is 1. The lowest BCUT2D eigenvalue weighted by molar-refractivity contribution is -0.384. The molecule has 10 heteroatoms. The number of nitro benzene ring substituents is 1. The van der Waals surface area contributed by atoms with E-state index >= 15 is 0 Å². The maximum Gasteiger partial charge on any atom is 0.271 e. The van der Waals surface area contributed by atoms with Crippen LogP contribution in [-0.4, -0.2) is 34.9 Å². The summed E-state index contributed by atoms with van der Waals surface area (Å²) < 4.78 is 8.81. The number of hydrogen-bond acceptors (Lipinski definition) is 7. The van der Waals surface area contributed by atoms with Gasteiger partial charge in [0, 0.05) is 12.1 Å². The molecule has 0 unspecified atom stereocenters. The summed E-state index contributed by atoms with van der Waals surface area (Å²) in [6.07, 6.45) is 3.48. The smallest absolute Gasteiger partial charge is 0.271 e. The molecule has 2 heterocycles. The second-order valence-electron chi connectivity index (χ2n) is 6.41. The van der Waals surface area contributed by atoms with E-state index in [9.17, 15) is 10.1 Å². The van der Waals surface area contributed by atoms with Crippen LogP contribution in [0.4, 0.5) is 5.69 Å². The van der Waals surface area contributed by atoms with E-state index in [4.69, 9.17) is 4.74 Å². The predicted molar refractivity (Wildman–Crippen MR) is 103 cm³/mol. The van der Waals surface area contributed by atoms with Crippen LogP contribution in [0.5, 0.6) is 0 Å². The first kappa shape index (κ1) is 18.4. The maximum atomic E-state index is 10.9. The van der Waals surface area contributed by atoms with Crippen molar-refractivity contribution >= 4 is 5.69 Å². The fourth-order valence-electron chi connectivity index (χ4n) is 2.69. The Kier molecular flexibility index (Phi) is 5.08. The first-order chi connectivity index (χ1) is 14.1. The minimum atomic E-state index is -0.450. The Bertz CT molecular complexity index is 1130. The summed E-state index contributed by atoms with van der Waals surface area (Å²) in [5, 5.41) is 27.1. The van der Waals surface area contributed by atoms with Crippen molar-refractivity contribution in [2.24, 2.45) is 0 Å². The van der Waals surface area contributed by atoms with Crippen LogP contribution < -0.4 is 0 Å². The van der Waals surface area contributed by atoms with Crippen LogP contribution in [-0.2, 0) is 18.0 Å². The molecule has 146 valence electrons. The molecule has 0 N–H and O–H groups in total. The van der Waals surface area contributed by atoms with Gasteiger partial charge < -0.3 is 4.74 Å². The molecule has 0 saturated carbocycles. The van der Waals surface area contributed by atoms with Crippen molar-refractivity contribution in [3.63, 3.8) is 0 Å². The van der Waals surface area contributed by atoms with Gasteiger partial charge in [-0.05, 0) is 25.1 Å². The van der Waals surface area contributed by atoms with Gasteiger partial charge in [0.05, 0.1) is 41.9 Å². The first-order valence-electron chi connectivity index (χ1n) is 8.80. The number of non-ortho nitro benzene ring substituents is 1. The zero-order chi connectivity index (χ0) is 20.2. The van der Waals surface area contributed by atoms with Crippen LogP contribution in [0.15, 0.2) is 60.9 Å². The van der Waals surface area contributed by atoms with Crippen molar-refractivity contribution in [3.05, 3.63) is 88.0 Å². The van der Waals surface area contributed by atoms with E-state index < -0.39 is 4.92 Å². The molecule has 29 heavy (non-hydrogen) atoms. The molecule has 0 aliphatic heterocycles. The molecule has 0 bridgehead atoms. The Balaban J connectivity index is 1.35. The molecule has 0 saturated heterocycles. The zero-order valence-corrected chi connectivity index (χ0v) is 15.5. The minimum Gasteiger partial charge on any atom is -0.369 e. The van der Waals surface area contributed by atoms with Crippen molar-refractivity contribution in [1.29, 1.82) is 0 Å². The van der Waals surface area contributed by atoms with Gasteiger partial charge in [0.2, 0.25) is 0 Å². The Labute approximate surface area is 165 Å². The molecule has 4 rings (SSSR count). The highest BCUT2D eigenvalue weighted by Crippen LogP contribution is 2.16. The molecule has 0 radical (unpaired) electrons. The number of aryl methyl sites for hydroxylation is 1. The Morgan fingerprint density at radius 2 is 1.55 bits per heavy atom. The fourth-order valence-corrected chi connectivity index (χ4v) is 2.69. The van der Waals surface area contributed by atoms with E-state index in [1.54, 1.807) is 23.0 Å². The number of nitrogens with zero attached hydrogens (tertiary/aromatic N) is 7. The number of rotatable bonds is 7. The van der Waals surface area contributed by atoms with Crippen LogP contribution in [0.25, 0.3) is 11.4 Å². The third-order valence-corrected chi connectivity index (χ3v) is 4.19. The van der Waals surface area contributed by atoms with Gasteiger partial charge in [-0.25, -0.2) is 9.36 Å². The van der Waals surface area contributed by atoms with Crippen LogP contribution in [0, 0.1) is 17.0 Å². The number of hydrogen-bond donors (Lipinski definition) is 0. The zero-order valence-electron chi connectivity index (χ0n) is 15.5. The van der Waals surface area contributed by atoms with Gasteiger partial charge >= 0.3 is 0 Å². The lowest BCUT2D eigenvalue weighted by Gasteiger charge is -2.00. The Morgan fingerprint density at radius 3 is 2.17 bits per heavy atom. The number of benzene rings is 2. The molecule has 0 amide bonds. The van der Waals surface area contributed by atoms with Gasteiger partial charge in [0.15, 0.2) is 0 Å². The number of aromatic nitrogens is 6. The molecule has 2 aromatic heterocycles. The highest BCUT2D eigenvalue weighted by molar-refractivity contribution is 5.42. The van der Waals surface area contributed by atoms with E-state index in [1.807, 2.05) is 37.4 Å². The van der Waals surface area contributed by atoms with Gasteiger partial charge in [-0.1, -0.05) is 34.2 Å². The molecule has 0 spiro atoms. The molecular weight excluding hydrogens is 374 g/mol. The molecule has 4 aromatic rings. The lowest BCUT2D eigenvalue weighted by Crippen LogP contribution is -1.96. The molecule has 2 aromatic carbocycles. The highest BCUT2D eigenvalue weighted by Gasteiger charge is 2.09. The third kappa shape index (κ3) is 4.33. The van der Waals surface area contributed by atoms with E-state index in [1.165, 1.54) is 22.4 Å². The van der Waals surface area contributed by atoms with Crippen LogP contribution >= 0.6 is 0 Å². The summed E-state index contributed by atoms with van der Waals surface area (Å²) in [5.41, 5.74) is 3.94. The van der Waals surface area contributed by atoms with Gasteiger partial charge in [-0.15, -0.1) is 10.2 Å². The summed E-state index contributed by atoms with van der Waals surface area (Å²) in [6.45, 7) is 2.53. The topological polar surface area (TPSA) is 114 Å². The third-order valence-electron chi connectivity index (χ3n) is 4.19. The van der Waals surface area contributed by atoms with Gasteiger partial charge in [0.1, 0.15) is 11.4 Å². The Hall–Kier alpha value is -3.92. The second-order valence-corrected chi connectivity index (χ2v) is 6.41. The summed E-state index contributed by atoms with van der Waals surface area (Å²) in [7, 11) is 0. The molecule has 10 nitrogen and oxygen atoms in total. The van der Waals surface area contributed by atoms with E-state index in [2.05, 4.69) is 20.6 Å². The Morgan fingerprint density at radius 1 is 0.931 bits per heavy atom. The summed E-state index contributed by atoms with van der Waals surface area (Å²) in [4.78, 5) is 10.5. The predicted octanol–water partition coefficient (Wildman–Crippen LogP) is 2.78. The lowest BCUT2D eigenvalue weighted by atomic mass is 10.2. The van der Waals surface area contributed by atoms with E-state index in [-0.39, 0.29) is 18.9 Å². The average Bonchev–Trinajstić information content (AvgIpc) is 3.39. The van der Waals surface area contributed by atoms with E-state index in [0.717, 1.165) is 5.69 Å². The van der Waals surface area contributed by atoms with Crippen LogP contribution in [0.1, 0.15) is 17.0 Å². The van der Waals surface area contributed by atoms with Crippen LogP contribution in [0.2, 0.25) is 0 Å². The van der Waals surface area contributed by atoms with Gasteiger partial charge in [-0.3, -0.25) is 10.1 Å². The number of nitro groups is 1. The second kappa shape index (κ2) is 7.98. The summed E-state index contributed by atoms with van der Waals surface area (Å²) >= 11 is 0. The molecule has 0 aliphatic rings. The van der Waals surface area contributed by atoms with E-state index in [0.29, 0.717) is 17.1 Å². The summed E-state index contributed by atoms with van der Waals surface area (Å²) in [5.74, 6) is 0. The normalized spacial score (nSPS) is 10.9. The quantitative estimate of drug-likeness (QED) is 0.351. The average molecular weight is 391 g/mol. The SMILES string of the molecule is Cc1ccc(-n2cc(COCc3cn(-c4cccc([N+](=O)[O-])c4)nn3)nn2)cc1. The van der Waals surface area contributed by atoms with Crippen molar-refractivity contribution in [1.82, 2.24) is 30.0 Å². The van der Waals surface area contributed by atoms with Crippen molar-refractivity contribution in [2.75, 3.05) is 0 Å². The standard InChI is InChI=1S/C19H17N7O3/c1-14-5-7-17(8-6-14)24-10-15(20-22-24)12-29-13-16-11-25(23-21-16)18-3-2-4-19(9-18)26(27)28/h2-11H,12-13H2,1H3. The fraction of sp³-hybridized carbons (Fsp3) is 0.158. The van der Waals surface area contributed by atoms with Crippen molar-refractivity contribution < 1.29 is 9.66 Å². The molecular formula is C19H17N7O3. The minimum absolute atomic E-state index is 0.00698. The van der Waals surface area contributed by atoms with Crippen LogP contribution in [0.3, 0.4) is 0 Å². The highest BCUT2D eigenvalue weighted by atomic mass is 16.6. The van der Waals surface area contributed by atoms with Gasteiger partial charge in [0.25, 0.3) is 5.69 Å². The first-order valence-corrected chi connectivity index (χ1v) is 8.80.